The van der Waals surface area contributed by atoms with Crippen LogP contribution in [0, 0.1) is 11.3 Å². The van der Waals surface area contributed by atoms with Gasteiger partial charge in [0.15, 0.2) is 0 Å². The van der Waals surface area contributed by atoms with Gasteiger partial charge in [-0.15, -0.1) is 0 Å². The van der Waals surface area contributed by atoms with Crippen LogP contribution in [0.1, 0.15) is 11.1 Å². The second-order valence-corrected chi connectivity index (χ2v) is 5.31. The number of carbonyl (C=O) groups is 1. The number of pyridine rings is 1. The molecule has 1 N–H and O–H groups in total. The summed E-state index contributed by atoms with van der Waals surface area (Å²) in [6.07, 6.45) is 0.876. The van der Waals surface area contributed by atoms with Gasteiger partial charge in [0.05, 0.1) is 5.56 Å². The number of nitriles is 1. The van der Waals surface area contributed by atoms with Gasteiger partial charge in [-0.1, -0.05) is 36.4 Å². The van der Waals surface area contributed by atoms with Crippen molar-refractivity contribution in [2.24, 2.45) is 0 Å². The van der Waals surface area contributed by atoms with Crippen LogP contribution in [0.15, 0.2) is 72.9 Å². The molecule has 0 unspecified atom stereocenters. The average molecular weight is 345 g/mol. The third-order valence-corrected chi connectivity index (χ3v) is 3.38. The van der Waals surface area contributed by atoms with Crippen LogP contribution >= 0.6 is 0 Å². The fourth-order valence-corrected chi connectivity index (χ4v) is 2.14. The van der Waals surface area contributed by atoms with E-state index in [0.717, 1.165) is 5.56 Å². The van der Waals surface area contributed by atoms with E-state index in [-0.39, 0.29) is 6.61 Å². The van der Waals surface area contributed by atoms with Crippen molar-refractivity contribution in [2.45, 2.75) is 6.61 Å². The van der Waals surface area contributed by atoms with Gasteiger partial charge in [0.2, 0.25) is 5.88 Å². The molecule has 1 aromatic heterocycles. The molecule has 0 saturated carbocycles. The Kier molecular flexibility index (Phi) is 5.43. The molecule has 0 atom stereocenters. The average Bonchev–Trinajstić information content (AvgIpc) is 2.68. The Bertz CT molecular complexity index is 919. The number of nitrogens with one attached hydrogen (secondary N) is 1. The van der Waals surface area contributed by atoms with Gasteiger partial charge in [-0.25, -0.2) is 9.78 Å². The van der Waals surface area contributed by atoms with Crippen molar-refractivity contribution < 1.29 is 14.3 Å². The van der Waals surface area contributed by atoms with Gasteiger partial charge >= 0.3 is 6.09 Å². The van der Waals surface area contributed by atoms with E-state index in [1.807, 2.05) is 36.4 Å². The molecule has 2 aromatic carbocycles. The van der Waals surface area contributed by atoms with Crippen molar-refractivity contribution in [1.29, 1.82) is 5.26 Å². The SMILES string of the molecule is N#Cc1ccc(Oc2cccc(NC(=O)OCc3ccccc3)c2)nc1. The molecule has 3 rings (SSSR count). The zero-order chi connectivity index (χ0) is 18.2. The van der Waals surface area contributed by atoms with Gasteiger partial charge < -0.3 is 9.47 Å². The lowest BCUT2D eigenvalue weighted by Gasteiger charge is -2.09. The van der Waals surface area contributed by atoms with Crippen molar-refractivity contribution in [1.82, 2.24) is 4.98 Å². The Morgan fingerprint density at radius 2 is 1.92 bits per heavy atom. The predicted octanol–water partition coefficient (Wildman–Crippen LogP) is 4.49. The number of nitrogens with zero attached hydrogens (tertiary/aromatic N) is 2. The molecule has 1 amide bonds. The zero-order valence-corrected chi connectivity index (χ0v) is 13.8. The third kappa shape index (κ3) is 4.82. The van der Waals surface area contributed by atoms with Gasteiger partial charge in [0.1, 0.15) is 18.4 Å². The highest BCUT2D eigenvalue weighted by Crippen LogP contribution is 2.23. The van der Waals surface area contributed by atoms with Crippen LogP contribution in [-0.4, -0.2) is 11.1 Å². The molecule has 26 heavy (non-hydrogen) atoms. The maximum absolute atomic E-state index is 11.9. The number of anilines is 1. The minimum absolute atomic E-state index is 0.192. The summed E-state index contributed by atoms with van der Waals surface area (Å²) in [6.45, 7) is 0.192. The topological polar surface area (TPSA) is 84.2 Å². The maximum Gasteiger partial charge on any atom is 0.411 e. The Labute approximate surface area is 150 Å². The first-order valence-corrected chi connectivity index (χ1v) is 7.85. The summed E-state index contributed by atoms with van der Waals surface area (Å²) in [7, 11) is 0. The fraction of sp³-hybridized carbons (Fsp3) is 0.0500. The Hall–Kier alpha value is -3.85. The van der Waals surface area contributed by atoms with Crippen molar-refractivity contribution in [3.63, 3.8) is 0 Å². The molecule has 0 aliphatic rings. The third-order valence-electron chi connectivity index (χ3n) is 3.38. The van der Waals surface area contributed by atoms with E-state index in [4.69, 9.17) is 14.7 Å². The number of aromatic nitrogens is 1. The molecule has 3 aromatic rings. The quantitative estimate of drug-likeness (QED) is 0.736. The molecule has 0 spiro atoms. The molecule has 0 aliphatic carbocycles. The van der Waals surface area contributed by atoms with Gasteiger partial charge in [0, 0.05) is 24.0 Å². The monoisotopic (exact) mass is 345 g/mol. The molecule has 0 saturated heterocycles. The summed E-state index contributed by atoms with van der Waals surface area (Å²) in [5.41, 5.74) is 1.90. The minimum atomic E-state index is -0.553. The van der Waals surface area contributed by atoms with E-state index in [1.165, 1.54) is 6.20 Å². The van der Waals surface area contributed by atoms with Crippen LogP contribution in [0.4, 0.5) is 10.5 Å². The highest BCUT2D eigenvalue weighted by molar-refractivity contribution is 5.84. The van der Waals surface area contributed by atoms with E-state index in [1.54, 1.807) is 36.4 Å². The molecular weight excluding hydrogens is 330 g/mol. The van der Waals surface area contributed by atoms with E-state index >= 15 is 0 Å². The molecule has 128 valence electrons. The number of amides is 1. The number of benzene rings is 2. The minimum Gasteiger partial charge on any atom is -0.444 e. The molecular formula is C20H15N3O3. The molecule has 0 aliphatic heterocycles. The van der Waals surface area contributed by atoms with Crippen molar-refractivity contribution in [3.8, 4) is 17.7 Å². The summed E-state index contributed by atoms with van der Waals surface area (Å²) < 4.78 is 10.8. The van der Waals surface area contributed by atoms with Crippen LogP contribution in [0.2, 0.25) is 0 Å². The number of rotatable bonds is 5. The zero-order valence-electron chi connectivity index (χ0n) is 13.8. The summed E-state index contributed by atoms with van der Waals surface area (Å²) in [6, 6.07) is 21.5. The fourth-order valence-electron chi connectivity index (χ4n) is 2.14. The van der Waals surface area contributed by atoms with Crippen LogP contribution in [0.3, 0.4) is 0 Å². The van der Waals surface area contributed by atoms with E-state index < -0.39 is 6.09 Å². The number of ether oxygens (including phenoxy) is 2. The number of hydrogen-bond donors (Lipinski definition) is 1. The second kappa shape index (κ2) is 8.31. The summed E-state index contributed by atoms with van der Waals surface area (Å²) >= 11 is 0. The maximum atomic E-state index is 11.9. The first-order chi connectivity index (χ1) is 12.7. The van der Waals surface area contributed by atoms with Crippen molar-refractivity contribution in [2.75, 3.05) is 5.32 Å². The Balaban J connectivity index is 1.58. The van der Waals surface area contributed by atoms with Gasteiger partial charge in [0.25, 0.3) is 0 Å². The lowest BCUT2D eigenvalue weighted by Crippen LogP contribution is -2.13. The van der Waals surface area contributed by atoms with Crippen LogP contribution < -0.4 is 10.1 Å². The van der Waals surface area contributed by atoms with Gasteiger partial charge in [-0.2, -0.15) is 5.26 Å². The van der Waals surface area contributed by atoms with Gasteiger partial charge in [-0.05, 0) is 23.8 Å². The van der Waals surface area contributed by atoms with Crippen molar-refractivity contribution in [3.05, 3.63) is 84.1 Å². The molecule has 0 bridgehead atoms. The smallest absolute Gasteiger partial charge is 0.411 e. The summed E-state index contributed by atoms with van der Waals surface area (Å²) in [5.74, 6) is 0.857. The number of carbonyl (C=O) groups excluding carboxylic acids is 1. The predicted molar refractivity (Wildman–Crippen MR) is 95.7 cm³/mol. The highest BCUT2D eigenvalue weighted by atomic mass is 16.5. The first-order valence-electron chi connectivity index (χ1n) is 7.85. The lowest BCUT2D eigenvalue weighted by molar-refractivity contribution is 0.155. The summed E-state index contributed by atoms with van der Waals surface area (Å²) in [4.78, 5) is 16.0. The number of hydrogen-bond acceptors (Lipinski definition) is 5. The van der Waals surface area contributed by atoms with E-state index in [9.17, 15) is 4.79 Å². The van der Waals surface area contributed by atoms with Crippen LogP contribution in [0.5, 0.6) is 11.6 Å². The molecule has 6 heteroatoms. The first kappa shape index (κ1) is 17.0. The summed E-state index contributed by atoms with van der Waals surface area (Å²) in [5, 5.41) is 11.4. The molecule has 0 fully saturated rings. The molecule has 1 heterocycles. The lowest BCUT2D eigenvalue weighted by atomic mass is 10.2. The van der Waals surface area contributed by atoms with Crippen LogP contribution in [-0.2, 0) is 11.3 Å². The Morgan fingerprint density at radius 3 is 2.65 bits per heavy atom. The normalized spacial score (nSPS) is 9.81. The van der Waals surface area contributed by atoms with Crippen LogP contribution in [0.25, 0.3) is 0 Å². The van der Waals surface area contributed by atoms with Crippen molar-refractivity contribution >= 4 is 11.8 Å². The van der Waals surface area contributed by atoms with E-state index in [0.29, 0.717) is 22.9 Å². The highest BCUT2D eigenvalue weighted by Gasteiger charge is 2.06. The largest absolute Gasteiger partial charge is 0.444 e. The standard InChI is InChI=1S/C20H15N3O3/c21-12-16-9-10-19(22-13-16)26-18-8-4-7-17(11-18)23-20(24)25-14-15-5-2-1-3-6-15/h1-11,13H,14H2,(H,23,24). The Morgan fingerprint density at radius 1 is 1.08 bits per heavy atom. The van der Waals surface area contributed by atoms with E-state index in [2.05, 4.69) is 10.3 Å². The molecule has 0 radical (unpaired) electrons. The second-order valence-electron chi connectivity index (χ2n) is 5.31. The van der Waals surface area contributed by atoms with Gasteiger partial charge in [-0.3, -0.25) is 5.32 Å². The molecule has 6 nitrogen and oxygen atoms in total.